The molecule has 1 unspecified atom stereocenters. The van der Waals surface area contributed by atoms with Crippen molar-refractivity contribution in [2.45, 2.75) is 56.8 Å². The summed E-state index contributed by atoms with van der Waals surface area (Å²) >= 11 is 0. The zero-order valence-electron chi connectivity index (χ0n) is 18.5. The first-order valence-electron chi connectivity index (χ1n) is 12.0. The Balaban J connectivity index is 1.14. The first-order valence-corrected chi connectivity index (χ1v) is 12.0. The fourth-order valence-corrected chi connectivity index (χ4v) is 5.23. The molecule has 0 N–H and O–H groups in total. The molecule has 32 heavy (non-hydrogen) atoms. The van der Waals surface area contributed by atoms with E-state index in [1.54, 1.807) is 0 Å². The van der Waals surface area contributed by atoms with Gasteiger partial charge in [-0.2, -0.15) is 5.06 Å². The van der Waals surface area contributed by atoms with Crippen LogP contribution in [-0.4, -0.2) is 41.6 Å². The second-order valence-corrected chi connectivity index (χ2v) is 9.35. The maximum atomic E-state index is 6.63. The third-order valence-corrected chi connectivity index (χ3v) is 7.20. The fraction of sp³-hybridized carbons (Fsp3) is 0.444. The SMILES string of the molecule is c1ccc2cc(-c3ccc4c(c3)CCC3(CCN(OC5CCCCO5)CC3)O4)ncc2c1. The van der Waals surface area contributed by atoms with E-state index in [4.69, 9.17) is 19.3 Å². The van der Waals surface area contributed by atoms with Crippen LogP contribution in [0.4, 0.5) is 0 Å². The number of aromatic nitrogens is 1. The van der Waals surface area contributed by atoms with Crippen molar-refractivity contribution in [1.29, 1.82) is 0 Å². The van der Waals surface area contributed by atoms with E-state index in [9.17, 15) is 0 Å². The number of fused-ring (bicyclic) bond motifs is 2. The molecule has 3 aliphatic rings. The lowest BCUT2D eigenvalue weighted by Crippen LogP contribution is -2.50. The van der Waals surface area contributed by atoms with Gasteiger partial charge in [0.25, 0.3) is 0 Å². The summed E-state index contributed by atoms with van der Waals surface area (Å²) in [6, 6.07) is 17.1. The van der Waals surface area contributed by atoms with Crippen LogP contribution in [0, 0.1) is 0 Å². The van der Waals surface area contributed by atoms with Crippen molar-refractivity contribution in [3.8, 4) is 17.0 Å². The molecule has 1 atom stereocenters. The van der Waals surface area contributed by atoms with Crippen molar-refractivity contribution >= 4 is 10.8 Å². The van der Waals surface area contributed by atoms with Crippen molar-refractivity contribution in [2.75, 3.05) is 19.7 Å². The topological polar surface area (TPSA) is 43.8 Å². The average Bonchev–Trinajstić information content (AvgIpc) is 2.86. The number of piperidine rings is 1. The van der Waals surface area contributed by atoms with Gasteiger partial charge in [0.15, 0.2) is 6.29 Å². The first-order chi connectivity index (χ1) is 15.8. The van der Waals surface area contributed by atoms with Crippen LogP contribution in [0.15, 0.2) is 54.7 Å². The molecule has 3 aliphatic heterocycles. The van der Waals surface area contributed by atoms with Gasteiger partial charge in [0.2, 0.25) is 0 Å². The molecule has 0 amide bonds. The molecule has 0 bridgehead atoms. The van der Waals surface area contributed by atoms with Crippen LogP contribution in [0.25, 0.3) is 22.0 Å². The van der Waals surface area contributed by atoms with Gasteiger partial charge in [-0.05, 0) is 60.9 Å². The van der Waals surface area contributed by atoms with Crippen molar-refractivity contribution in [2.24, 2.45) is 0 Å². The van der Waals surface area contributed by atoms with Crippen molar-refractivity contribution < 1.29 is 14.3 Å². The smallest absolute Gasteiger partial charge is 0.177 e. The molecule has 2 fully saturated rings. The van der Waals surface area contributed by atoms with E-state index in [1.165, 1.54) is 22.8 Å². The number of nitrogens with zero attached hydrogens (tertiary/aromatic N) is 2. The van der Waals surface area contributed by atoms with Crippen molar-refractivity contribution in [3.05, 3.63) is 60.3 Å². The van der Waals surface area contributed by atoms with Crippen LogP contribution < -0.4 is 4.74 Å². The number of benzene rings is 2. The molecule has 3 aromatic rings. The molecular formula is C27H30N2O3. The summed E-state index contributed by atoms with van der Waals surface area (Å²) in [6.07, 6.45) is 9.33. The predicted octanol–water partition coefficient (Wildman–Crippen LogP) is 5.52. The Bertz CT molecular complexity index is 1100. The Morgan fingerprint density at radius 2 is 1.84 bits per heavy atom. The van der Waals surface area contributed by atoms with Gasteiger partial charge in [0.05, 0.1) is 5.69 Å². The highest BCUT2D eigenvalue weighted by molar-refractivity contribution is 5.85. The van der Waals surface area contributed by atoms with Crippen LogP contribution >= 0.6 is 0 Å². The highest BCUT2D eigenvalue weighted by Crippen LogP contribution is 2.41. The number of hydroxylamine groups is 2. The minimum absolute atomic E-state index is 0.0621. The second-order valence-electron chi connectivity index (χ2n) is 9.35. The Labute approximate surface area is 189 Å². The minimum Gasteiger partial charge on any atom is -0.487 e. The molecule has 1 spiro atoms. The van der Waals surface area contributed by atoms with Gasteiger partial charge in [-0.1, -0.05) is 24.3 Å². The van der Waals surface area contributed by atoms with Gasteiger partial charge >= 0.3 is 0 Å². The zero-order valence-corrected chi connectivity index (χ0v) is 18.5. The number of ether oxygens (including phenoxy) is 2. The maximum absolute atomic E-state index is 6.63. The maximum Gasteiger partial charge on any atom is 0.177 e. The fourth-order valence-electron chi connectivity index (χ4n) is 5.23. The van der Waals surface area contributed by atoms with E-state index in [0.29, 0.717) is 0 Å². The van der Waals surface area contributed by atoms with Crippen LogP contribution in [0.2, 0.25) is 0 Å². The monoisotopic (exact) mass is 430 g/mol. The second kappa shape index (κ2) is 8.47. The van der Waals surface area contributed by atoms with Gasteiger partial charge in [-0.3, -0.25) is 9.82 Å². The molecule has 5 nitrogen and oxygen atoms in total. The molecule has 0 saturated carbocycles. The van der Waals surface area contributed by atoms with Crippen LogP contribution in [0.3, 0.4) is 0 Å². The molecule has 0 aliphatic carbocycles. The van der Waals surface area contributed by atoms with E-state index in [2.05, 4.69) is 53.6 Å². The molecule has 0 radical (unpaired) electrons. The molecule has 166 valence electrons. The van der Waals surface area contributed by atoms with Gasteiger partial charge < -0.3 is 9.47 Å². The van der Waals surface area contributed by atoms with Gasteiger partial charge in [0.1, 0.15) is 11.4 Å². The van der Waals surface area contributed by atoms with Gasteiger partial charge in [0, 0.05) is 56.1 Å². The van der Waals surface area contributed by atoms with Crippen LogP contribution in [0.1, 0.15) is 44.1 Å². The van der Waals surface area contributed by atoms with Crippen molar-refractivity contribution in [3.63, 3.8) is 0 Å². The van der Waals surface area contributed by atoms with Gasteiger partial charge in [-0.25, -0.2) is 0 Å². The normalized spacial score (nSPS) is 23.1. The van der Waals surface area contributed by atoms with E-state index in [0.717, 1.165) is 75.2 Å². The van der Waals surface area contributed by atoms with E-state index in [-0.39, 0.29) is 11.9 Å². The highest BCUT2D eigenvalue weighted by atomic mass is 16.8. The first kappa shape index (κ1) is 20.2. The molecule has 1 aromatic heterocycles. The molecule has 6 rings (SSSR count). The largest absolute Gasteiger partial charge is 0.487 e. The molecule has 4 heterocycles. The standard InChI is InChI=1S/C27H30N2O3/c1-2-6-23-19-28-24(18-20(23)5-1)21-8-9-25-22(17-21)10-11-27(31-25)12-14-29(15-13-27)32-26-7-3-4-16-30-26/h1-2,5-6,8-9,17-19,26H,3-4,7,10-16H2. The number of pyridine rings is 1. The summed E-state index contributed by atoms with van der Waals surface area (Å²) in [5.41, 5.74) is 3.40. The number of aryl methyl sites for hydroxylation is 1. The quantitative estimate of drug-likeness (QED) is 0.547. The summed E-state index contributed by atoms with van der Waals surface area (Å²) in [4.78, 5) is 10.8. The Kier molecular flexibility index (Phi) is 5.34. The summed E-state index contributed by atoms with van der Waals surface area (Å²) in [5, 5.41) is 4.48. The number of hydrogen-bond acceptors (Lipinski definition) is 5. The molecular weight excluding hydrogens is 400 g/mol. The van der Waals surface area contributed by atoms with Crippen LogP contribution in [0.5, 0.6) is 5.75 Å². The third kappa shape index (κ3) is 4.01. The highest BCUT2D eigenvalue weighted by Gasteiger charge is 2.40. The Morgan fingerprint density at radius 3 is 2.69 bits per heavy atom. The summed E-state index contributed by atoms with van der Waals surface area (Å²) in [5.74, 6) is 1.03. The predicted molar refractivity (Wildman–Crippen MR) is 124 cm³/mol. The summed E-state index contributed by atoms with van der Waals surface area (Å²) in [7, 11) is 0. The van der Waals surface area contributed by atoms with Crippen molar-refractivity contribution in [1.82, 2.24) is 10.0 Å². The van der Waals surface area contributed by atoms with Crippen LogP contribution in [-0.2, 0) is 16.0 Å². The lowest BCUT2D eigenvalue weighted by Gasteiger charge is -2.44. The van der Waals surface area contributed by atoms with E-state index >= 15 is 0 Å². The third-order valence-electron chi connectivity index (χ3n) is 7.20. The minimum atomic E-state index is -0.0665. The van der Waals surface area contributed by atoms with E-state index < -0.39 is 0 Å². The number of rotatable bonds is 3. The lowest BCUT2D eigenvalue weighted by atomic mass is 9.83. The molecule has 5 heteroatoms. The average molecular weight is 431 g/mol. The molecule has 2 saturated heterocycles. The summed E-state index contributed by atoms with van der Waals surface area (Å²) in [6.45, 7) is 2.61. The van der Waals surface area contributed by atoms with Gasteiger partial charge in [-0.15, -0.1) is 0 Å². The Hall–Kier alpha value is -2.47. The van der Waals surface area contributed by atoms with E-state index in [1.807, 2.05) is 6.20 Å². The zero-order chi connectivity index (χ0) is 21.4. The Morgan fingerprint density at radius 1 is 0.969 bits per heavy atom. The lowest BCUT2D eigenvalue weighted by molar-refractivity contribution is -0.301. The summed E-state index contributed by atoms with van der Waals surface area (Å²) < 4.78 is 12.4. The molecule has 2 aromatic carbocycles. The number of hydrogen-bond donors (Lipinski definition) is 0.